The monoisotopic (exact) mass is 624 g/mol. The molecule has 2 N–H and O–H groups in total. The number of anilines is 1. The molecule has 0 spiro atoms. The summed E-state index contributed by atoms with van der Waals surface area (Å²) in [6, 6.07) is 24.1. The molecule has 0 saturated carbocycles. The number of amides is 1. The predicted molar refractivity (Wildman–Crippen MR) is 155 cm³/mol. The van der Waals surface area contributed by atoms with Crippen LogP contribution in [-0.4, -0.2) is 55.9 Å². The molecule has 0 bridgehead atoms. The second-order valence-corrected chi connectivity index (χ2v) is 10.3. The van der Waals surface area contributed by atoms with Gasteiger partial charge in [-0.2, -0.15) is 18.2 Å². The van der Waals surface area contributed by atoms with Gasteiger partial charge in [0.25, 0.3) is 5.89 Å². The zero-order chi connectivity index (χ0) is 32.0. The Morgan fingerprint density at radius 2 is 1.58 bits per heavy atom. The molecule has 3 heterocycles. The molecule has 0 atom stereocenters. The Kier molecular flexibility index (Phi) is 9.40. The van der Waals surface area contributed by atoms with Crippen molar-refractivity contribution in [3.05, 3.63) is 96.1 Å². The maximum atomic E-state index is 13.4. The molecule has 6 rings (SSSR count). The Balaban J connectivity index is 0.000000515. The number of imidazole rings is 1. The minimum absolute atomic E-state index is 0.00414. The normalized spacial score (nSPS) is 13.7. The molecule has 0 unspecified atom stereocenters. The molecule has 2 aromatic heterocycles. The number of hydrogen-bond donors (Lipinski definition) is 2. The lowest BCUT2D eigenvalue weighted by Gasteiger charge is -2.32. The van der Waals surface area contributed by atoms with Crippen LogP contribution in [0.15, 0.2) is 83.4 Å². The van der Waals surface area contributed by atoms with E-state index in [1.54, 1.807) is 12.1 Å². The number of carboxylic acids is 1. The number of hydrogen-bond acceptors (Lipinski definition) is 7. The van der Waals surface area contributed by atoms with E-state index in [-0.39, 0.29) is 24.2 Å². The van der Waals surface area contributed by atoms with Crippen molar-refractivity contribution in [2.45, 2.75) is 32.1 Å². The largest absolute Gasteiger partial charge is 0.490 e. The van der Waals surface area contributed by atoms with Gasteiger partial charge in [0.15, 0.2) is 5.82 Å². The van der Waals surface area contributed by atoms with E-state index in [1.165, 1.54) is 12.1 Å². The minimum Gasteiger partial charge on any atom is -0.475 e. The highest BCUT2D eigenvalue weighted by Crippen LogP contribution is 2.28. The zero-order valence-electron chi connectivity index (χ0n) is 23.7. The van der Waals surface area contributed by atoms with Crippen molar-refractivity contribution in [1.82, 2.24) is 25.0 Å². The van der Waals surface area contributed by atoms with Gasteiger partial charge in [-0.1, -0.05) is 47.6 Å². The average Bonchev–Trinajstić information content (AvgIpc) is 3.67. The Hall–Kier alpha value is -5.27. The maximum absolute atomic E-state index is 13.4. The van der Waals surface area contributed by atoms with Gasteiger partial charge < -0.3 is 24.4 Å². The molecule has 45 heavy (non-hydrogen) atoms. The number of aromatic nitrogens is 4. The first-order valence-corrected chi connectivity index (χ1v) is 14.0. The number of fused-ring (bicyclic) bond motifs is 1. The molecule has 5 aromatic rings. The molecular weight excluding hydrogens is 596 g/mol. The van der Waals surface area contributed by atoms with Gasteiger partial charge in [0.2, 0.25) is 11.9 Å². The summed E-state index contributed by atoms with van der Waals surface area (Å²) in [5.74, 6) is -1.35. The van der Waals surface area contributed by atoms with Crippen molar-refractivity contribution in [2.24, 2.45) is 5.92 Å². The van der Waals surface area contributed by atoms with Crippen LogP contribution in [0.25, 0.3) is 22.5 Å². The number of alkyl halides is 3. The Morgan fingerprint density at radius 1 is 0.933 bits per heavy atom. The standard InChI is InChI=1S/C29H27FN6O2.C2HF3O2/c30-23-12-10-20(11-13-23)19-36-25-9-5-4-8-24(25)32-29(36)35-16-14-21(15-17-35)27(37)31-18-26-33-28(38-34-26)22-6-2-1-3-7-22;3-2(4,5)1(6)7/h1-13,21H,14-19H2,(H,31,37);(H,6,7). The Labute approximate surface area is 254 Å². The number of nitrogens with zero attached hydrogens (tertiary/aromatic N) is 5. The number of para-hydroxylation sites is 2. The smallest absolute Gasteiger partial charge is 0.475 e. The molecule has 1 fully saturated rings. The first-order chi connectivity index (χ1) is 21.6. The van der Waals surface area contributed by atoms with Crippen molar-refractivity contribution < 1.29 is 36.8 Å². The molecule has 1 aliphatic heterocycles. The van der Waals surface area contributed by atoms with E-state index in [9.17, 15) is 22.4 Å². The SMILES string of the molecule is O=C(NCc1noc(-c2ccccc2)n1)C1CCN(c2nc3ccccc3n2Cc2ccc(F)cc2)CC1.O=C(O)C(F)(F)F. The minimum atomic E-state index is -5.08. The third-order valence-electron chi connectivity index (χ3n) is 7.19. The van der Waals surface area contributed by atoms with Crippen LogP contribution in [0, 0.1) is 11.7 Å². The lowest BCUT2D eigenvalue weighted by Crippen LogP contribution is -2.41. The van der Waals surface area contributed by atoms with Crippen LogP contribution in [0.1, 0.15) is 24.2 Å². The molecule has 0 radical (unpaired) electrons. The van der Waals surface area contributed by atoms with Crippen LogP contribution < -0.4 is 10.2 Å². The van der Waals surface area contributed by atoms with Gasteiger partial charge in [-0.3, -0.25) is 4.79 Å². The fourth-order valence-electron chi connectivity index (χ4n) is 4.91. The third kappa shape index (κ3) is 7.82. The highest BCUT2D eigenvalue weighted by Gasteiger charge is 2.38. The predicted octanol–water partition coefficient (Wildman–Crippen LogP) is 5.44. The number of carbonyl (C=O) groups excluding carboxylic acids is 1. The summed E-state index contributed by atoms with van der Waals surface area (Å²) in [6.07, 6.45) is -3.65. The van der Waals surface area contributed by atoms with Crippen molar-refractivity contribution in [1.29, 1.82) is 0 Å². The molecule has 10 nitrogen and oxygen atoms in total. The number of carbonyl (C=O) groups is 2. The molecule has 0 aliphatic carbocycles. The topological polar surface area (TPSA) is 126 Å². The van der Waals surface area contributed by atoms with Crippen LogP contribution >= 0.6 is 0 Å². The van der Waals surface area contributed by atoms with Gasteiger partial charge in [0.1, 0.15) is 5.82 Å². The lowest BCUT2D eigenvalue weighted by molar-refractivity contribution is -0.192. The highest BCUT2D eigenvalue weighted by atomic mass is 19.4. The van der Waals surface area contributed by atoms with Crippen molar-refractivity contribution in [3.8, 4) is 11.5 Å². The summed E-state index contributed by atoms with van der Waals surface area (Å²) in [5, 5.41) is 14.1. The molecule has 1 amide bonds. The number of halogens is 4. The number of piperidine rings is 1. The summed E-state index contributed by atoms with van der Waals surface area (Å²) >= 11 is 0. The van der Waals surface area contributed by atoms with E-state index in [4.69, 9.17) is 19.4 Å². The first-order valence-electron chi connectivity index (χ1n) is 14.0. The number of nitrogens with one attached hydrogen (secondary N) is 1. The summed E-state index contributed by atoms with van der Waals surface area (Å²) in [7, 11) is 0. The van der Waals surface area contributed by atoms with Gasteiger partial charge in [0, 0.05) is 24.6 Å². The van der Waals surface area contributed by atoms with E-state index >= 15 is 0 Å². The van der Waals surface area contributed by atoms with Crippen molar-refractivity contribution in [3.63, 3.8) is 0 Å². The van der Waals surface area contributed by atoms with E-state index < -0.39 is 12.1 Å². The van der Waals surface area contributed by atoms with Crippen LogP contribution in [-0.2, 0) is 22.7 Å². The van der Waals surface area contributed by atoms with Gasteiger partial charge >= 0.3 is 12.1 Å². The molecular formula is C31H28F4N6O4. The second-order valence-electron chi connectivity index (χ2n) is 10.3. The molecule has 3 aromatic carbocycles. The van der Waals surface area contributed by atoms with E-state index in [1.807, 2.05) is 48.5 Å². The van der Waals surface area contributed by atoms with E-state index in [2.05, 4.69) is 31.0 Å². The number of carboxylic acid groups (broad SMARTS) is 1. The van der Waals surface area contributed by atoms with Crippen molar-refractivity contribution >= 4 is 28.9 Å². The third-order valence-corrected chi connectivity index (χ3v) is 7.19. The van der Waals surface area contributed by atoms with Crippen molar-refractivity contribution in [2.75, 3.05) is 18.0 Å². The fourth-order valence-corrected chi connectivity index (χ4v) is 4.91. The van der Waals surface area contributed by atoms with Gasteiger partial charge in [-0.25, -0.2) is 14.2 Å². The number of aliphatic carboxylic acids is 1. The average molecular weight is 625 g/mol. The van der Waals surface area contributed by atoms with Crippen LogP contribution in [0.3, 0.4) is 0 Å². The quantitative estimate of drug-likeness (QED) is 0.229. The van der Waals surface area contributed by atoms with Gasteiger partial charge in [-0.15, -0.1) is 0 Å². The summed E-state index contributed by atoms with van der Waals surface area (Å²) in [5.41, 5.74) is 3.79. The van der Waals surface area contributed by atoms with Gasteiger partial charge in [0.05, 0.1) is 24.1 Å². The fraction of sp³-hybridized carbons (Fsp3) is 0.258. The van der Waals surface area contributed by atoms with Crippen LogP contribution in [0.5, 0.6) is 0 Å². The molecule has 14 heteroatoms. The second kappa shape index (κ2) is 13.6. The van der Waals surface area contributed by atoms with Gasteiger partial charge in [-0.05, 0) is 54.8 Å². The van der Waals surface area contributed by atoms with Crippen LogP contribution in [0.4, 0.5) is 23.5 Å². The van der Waals surface area contributed by atoms with E-state index in [0.29, 0.717) is 44.2 Å². The van der Waals surface area contributed by atoms with Crippen LogP contribution in [0.2, 0.25) is 0 Å². The van der Waals surface area contributed by atoms with E-state index in [0.717, 1.165) is 28.1 Å². The lowest BCUT2D eigenvalue weighted by atomic mass is 9.96. The highest BCUT2D eigenvalue weighted by molar-refractivity contribution is 5.80. The first kappa shape index (κ1) is 31.2. The Bertz CT molecular complexity index is 1750. The summed E-state index contributed by atoms with van der Waals surface area (Å²) < 4.78 is 52.7. The summed E-state index contributed by atoms with van der Waals surface area (Å²) in [4.78, 5) is 33.3. The Morgan fingerprint density at radius 3 is 2.24 bits per heavy atom. The zero-order valence-corrected chi connectivity index (χ0v) is 23.7. The maximum Gasteiger partial charge on any atom is 0.490 e. The number of benzene rings is 3. The molecule has 1 aliphatic rings. The summed E-state index contributed by atoms with van der Waals surface area (Å²) in [6.45, 7) is 2.24. The molecule has 234 valence electrons. The molecule has 1 saturated heterocycles. The number of rotatable bonds is 7.